The molecule has 2 aliphatic heterocycles. The molecule has 2 aliphatic rings. The molecular weight excluding hydrogens is 423 g/mol. The molecule has 4 nitrogen and oxygen atoms in total. The van der Waals surface area contributed by atoms with Crippen LogP contribution in [0.4, 0.5) is 0 Å². The van der Waals surface area contributed by atoms with Gasteiger partial charge in [0.1, 0.15) is 5.69 Å². The highest BCUT2D eigenvalue weighted by atomic mass is 127. The summed E-state index contributed by atoms with van der Waals surface area (Å²) < 4.78 is 5.74. The molecule has 0 fully saturated rings. The van der Waals surface area contributed by atoms with Gasteiger partial charge in [-0.3, -0.25) is 5.10 Å². The molecule has 2 aromatic rings. The average molecular weight is 446 g/mol. The first kappa shape index (κ1) is 16.6. The van der Waals surface area contributed by atoms with Crippen molar-refractivity contribution in [2.45, 2.75) is 39.8 Å². The maximum absolute atomic E-state index is 4.60. The van der Waals surface area contributed by atoms with Gasteiger partial charge >= 0.3 is 0 Å². The summed E-state index contributed by atoms with van der Waals surface area (Å²) in [5, 5.41) is 7.86. The number of allylic oxidation sites excluding steroid dienone is 1. The number of fused-ring (bicyclic) bond motifs is 1. The Labute approximate surface area is 159 Å². The zero-order valence-corrected chi connectivity index (χ0v) is 17.0. The van der Waals surface area contributed by atoms with Gasteiger partial charge in [-0.25, -0.2) is 0 Å². The fraction of sp³-hybridized carbons (Fsp3) is 0.300. The molecule has 1 aromatic carbocycles. The first-order valence-corrected chi connectivity index (χ1v) is 10.9. The van der Waals surface area contributed by atoms with Crippen LogP contribution in [0.3, 0.4) is 0 Å². The van der Waals surface area contributed by atoms with Crippen molar-refractivity contribution in [1.82, 2.24) is 18.6 Å². The molecule has 5 heteroatoms. The van der Waals surface area contributed by atoms with Crippen LogP contribution >= 0.6 is 21.0 Å². The van der Waals surface area contributed by atoms with Crippen LogP contribution in [-0.4, -0.2) is 25.2 Å². The number of nitrogens with one attached hydrogen (secondary N) is 2. The largest absolute Gasteiger partial charge is 0.363 e. The lowest BCUT2D eigenvalue weighted by molar-refractivity contribution is 0.280. The van der Waals surface area contributed by atoms with E-state index >= 15 is 0 Å². The third kappa shape index (κ3) is 2.94. The van der Waals surface area contributed by atoms with E-state index < -0.39 is 0 Å². The number of benzene rings is 1. The van der Waals surface area contributed by atoms with Crippen LogP contribution in [0, 0.1) is 13.8 Å². The predicted octanol–water partition coefficient (Wildman–Crippen LogP) is 4.08. The van der Waals surface area contributed by atoms with E-state index in [2.05, 4.69) is 74.3 Å². The molecule has 0 radical (unpaired) electrons. The van der Waals surface area contributed by atoms with Gasteiger partial charge in [-0.1, -0.05) is 30.3 Å². The fourth-order valence-electron chi connectivity index (χ4n) is 3.70. The summed E-state index contributed by atoms with van der Waals surface area (Å²) in [4.78, 5) is 2.40. The molecule has 0 saturated carbocycles. The number of aryl methyl sites for hydroxylation is 2. The number of aromatic nitrogens is 2. The minimum absolute atomic E-state index is 0.0333. The minimum Gasteiger partial charge on any atom is -0.363 e. The molecule has 3 heterocycles. The zero-order valence-electron chi connectivity index (χ0n) is 14.9. The predicted molar refractivity (Wildman–Crippen MR) is 113 cm³/mol. The van der Waals surface area contributed by atoms with Crippen molar-refractivity contribution >= 4 is 36.4 Å². The Morgan fingerprint density at radius 3 is 2.92 bits per heavy atom. The van der Waals surface area contributed by atoms with Crippen LogP contribution in [0.25, 0.3) is 11.4 Å². The number of hydrogen-bond donors (Lipinski definition) is 2. The second kappa shape index (κ2) is 6.44. The fourth-order valence-corrected chi connectivity index (χ4v) is 5.19. The Morgan fingerprint density at radius 1 is 1.36 bits per heavy atom. The molecule has 0 spiro atoms. The van der Waals surface area contributed by atoms with E-state index in [4.69, 9.17) is 0 Å². The molecule has 0 aliphatic carbocycles. The lowest BCUT2D eigenvalue weighted by atomic mass is 9.94. The smallest absolute Gasteiger partial charge is 0.112 e. The molecule has 0 saturated heterocycles. The Hall–Kier alpha value is -1.89. The molecule has 4 rings (SSSR count). The number of aromatic amines is 1. The van der Waals surface area contributed by atoms with E-state index in [1.807, 2.05) is 0 Å². The highest BCUT2D eigenvalue weighted by Gasteiger charge is 2.29. The van der Waals surface area contributed by atoms with E-state index in [9.17, 15) is 0 Å². The summed E-state index contributed by atoms with van der Waals surface area (Å²) in [5.41, 5.74) is 9.77. The molecule has 1 atom stereocenters. The van der Waals surface area contributed by atoms with Gasteiger partial charge in [0.05, 0.1) is 17.9 Å². The summed E-state index contributed by atoms with van der Waals surface area (Å²) in [7, 11) is 0. The van der Waals surface area contributed by atoms with Crippen LogP contribution in [0.15, 0.2) is 30.9 Å². The summed E-state index contributed by atoms with van der Waals surface area (Å²) in [6, 6.07) is 6.99. The molecule has 0 bridgehead atoms. The van der Waals surface area contributed by atoms with Crippen LogP contribution < -0.4 is 3.53 Å². The van der Waals surface area contributed by atoms with Crippen LogP contribution in [0.5, 0.6) is 0 Å². The molecule has 130 valence electrons. The van der Waals surface area contributed by atoms with Crippen LogP contribution in [0.1, 0.15) is 40.6 Å². The third-order valence-corrected chi connectivity index (χ3v) is 6.67. The second-order valence-electron chi connectivity index (χ2n) is 6.89. The highest BCUT2D eigenvalue weighted by molar-refractivity contribution is 14.2. The number of H-pyrrole nitrogens is 1. The second-order valence-corrected chi connectivity index (χ2v) is 8.77. The van der Waals surface area contributed by atoms with E-state index in [1.165, 1.54) is 33.6 Å². The number of halogens is 1. The Balaban J connectivity index is 1.63. The quantitative estimate of drug-likeness (QED) is 0.552. The van der Waals surface area contributed by atoms with Gasteiger partial charge in [0.2, 0.25) is 0 Å². The van der Waals surface area contributed by atoms with Crippen LogP contribution in [0.2, 0.25) is 0 Å². The van der Waals surface area contributed by atoms with E-state index in [0.717, 1.165) is 24.4 Å². The van der Waals surface area contributed by atoms with Gasteiger partial charge in [-0.15, -0.1) is 0 Å². The molecule has 1 unspecified atom stereocenters. The Kier molecular flexibility index (Phi) is 4.27. The van der Waals surface area contributed by atoms with Gasteiger partial charge < -0.3 is 8.43 Å². The highest BCUT2D eigenvalue weighted by Crippen LogP contribution is 2.33. The lowest BCUT2D eigenvalue weighted by Gasteiger charge is -2.37. The standard InChI is InChI=1S/C20H23IN4/c1-12-5-6-16(13(2)9-12)15(4)25-11-19-17(10-14(25)3)20(24-23-19)18-7-8-21-22-18/h5-9,14,22H,4,10-11H2,1-3H3,(H,23,24). The number of rotatable bonds is 3. The van der Waals surface area contributed by atoms with Crippen molar-refractivity contribution in [2.24, 2.45) is 0 Å². The first-order valence-electron chi connectivity index (χ1n) is 8.56. The molecule has 25 heavy (non-hydrogen) atoms. The summed E-state index contributed by atoms with van der Waals surface area (Å²) in [6.07, 6.45) is 3.16. The maximum atomic E-state index is 4.60. The Morgan fingerprint density at radius 2 is 2.20 bits per heavy atom. The van der Waals surface area contributed by atoms with Gasteiger partial charge in [0.25, 0.3) is 0 Å². The monoisotopic (exact) mass is 446 g/mol. The van der Waals surface area contributed by atoms with E-state index in [-0.39, 0.29) is 21.0 Å². The van der Waals surface area contributed by atoms with Crippen molar-refractivity contribution in [3.8, 4) is 0 Å². The average Bonchev–Trinajstić information content (AvgIpc) is 3.22. The van der Waals surface area contributed by atoms with Crippen molar-refractivity contribution in [1.29, 1.82) is 0 Å². The summed E-state index contributed by atoms with van der Waals surface area (Å²) >= 11 is -0.0333. The summed E-state index contributed by atoms with van der Waals surface area (Å²) in [6.45, 7) is 11.8. The molecule has 0 amide bonds. The SMILES string of the molecule is C=C(c1ccc(C)cc1C)N1Cc2[nH]nc(C3=CC=IN3)c2CC1C. The van der Waals surface area contributed by atoms with Crippen molar-refractivity contribution in [2.75, 3.05) is 0 Å². The molecule has 1 aromatic heterocycles. The lowest BCUT2D eigenvalue weighted by Crippen LogP contribution is -2.37. The van der Waals surface area contributed by atoms with E-state index in [1.54, 1.807) is 0 Å². The first-order chi connectivity index (χ1) is 12.0. The Bertz CT molecular complexity index is 906. The number of nitrogens with zero attached hydrogens (tertiary/aromatic N) is 2. The zero-order chi connectivity index (χ0) is 17.6. The third-order valence-electron chi connectivity index (χ3n) is 5.06. The van der Waals surface area contributed by atoms with Gasteiger partial charge in [0, 0.05) is 22.9 Å². The minimum atomic E-state index is -0.0333. The van der Waals surface area contributed by atoms with Gasteiger partial charge in [0.15, 0.2) is 0 Å². The van der Waals surface area contributed by atoms with Crippen molar-refractivity contribution < 1.29 is 0 Å². The van der Waals surface area contributed by atoms with Gasteiger partial charge in [-0.2, -0.15) is 5.10 Å². The molecular formula is C20H23IN4. The normalized spacial score (nSPS) is 19.1. The maximum Gasteiger partial charge on any atom is 0.112 e. The molecule has 2 N–H and O–H groups in total. The van der Waals surface area contributed by atoms with Crippen molar-refractivity contribution in [3.05, 3.63) is 64.5 Å². The van der Waals surface area contributed by atoms with Crippen molar-refractivity contribution in [3.63, 3.8) is 0 Å². The van der Waals surface area contributed by atoms with Crippen LogP contribution in [-0.2, 0) is 13.0 Å². The summed E-state index contributed by atoms with van der Waals surface area (Å²) in [5.74, 6) is 0. The van der Waals surface area contributed by atoms with E-state index in [0.29, 0.717) is 6.04 Å². The number of hydrogen-bond acceptors (Lipinski definition) is 3. The van der Waals surface area contributed by atoms with Gasteiger partial charge in [-0.05, 0) is 63.8 Å². The topological polar surface area (TPSA) is 44.0 Å².